The van der Waals surface area contributed by atoms with Crippen molar-refractivity contribution in [3.8, 4) is 0 Å². The Bertz CT molecular complexity index is 180. The van der Waals surface area contributed by atoms with Gasteiger partial charge in [0.2, 0.25) is 0 Å². The van der Waals surface area contributed by atoms with Crippen molar-refractivity contribution >= 4 is 0 Å². The van der Waals surface area contributed by atoms with Crippen LogP contribution in [-0.4, -0.2) is 19.1 Å². The van der Waals surface area contributed by atoms with Crippen molar-refractivity contribution in [1.82, 2.24) is 0 Å². The molecule has 14 heavy (non-hydrogen) atoms. The summed E-state index contributed by atoms with van der Waals surface area (Å²) in [5, 5.41) is 0. The molecule has 2 atom stereocenters. The summed E-state index contributed by atoms with van der Waals surface area (Å²) in [6.45, 7) is 4.16. The van der Waals surface area contributed by atoms with Crippen LogP contribution in [0.3, 0.4) is 0 Å². The zero-order valence-corrected chi connectivity index (χ0v) is 9.22. The predicted molar refractivity (Wildman–Crippen MR) is 52.5 cm³/mol. The molecule has 1 nitrogen and oxygen atoms in total. The van der Waals surface area contributed by atoms with Crippen LogP contribution in [0.15, 0.2) is 0 Å². The zero-order valence-electron chi connectivity index (χ0n) is 9.22. The maximum atomic E-state index is 13.3. The molecule has 1 saturated carbocycles. The molecule has 1 aliphatic carbocycles. The molecule has 0 heterocycles. The molecule has 1 unspecified atom stereocenters. The van der Waals surface area contributed by atoms with Gasteiger partial charge in [-0.15, -0.1) is 0 Å². The Balaban J connectivity index is 2.52. The lowest BCUT2D eigenvalue weighted by Crippen LogP contribution is -2.36. The van der Waals surface area contributed by atoms with Crippen LogP contribution in [0.1, 0.15) is 39.5 Å². The van der Waals surface area contributed by atoms with Crippen LogP contribution in [0, 0.1) is 11.8 Å². The van der Waals surface area contributed by atoms with Gasteiger partial charge in [0.1, 0.15) is 0 Å². The SMILES string of the molecule is COC1C[C@@H](CC(C)C)CC(F)(F)C1. The molecule has 1 aliphatic rings. The fourth-order valence-electron chi connectivity index (χ4n) is 2.40. The van der Waals surface area contributed by atoms with Crippen LogP contribution in [0.2, 0.25) is 0 Å². The van der Waals surface area contributed by atoms with E-state index in [0.29, 0.717) is 5.92 Å². The van der Waals surface area contributed by atoms with E-state index in [0.717, 1.165) is 12.8 Å². The number of halogens is 2. The highest BCUT2D eigenvalue weighted by Gasteiger charge is 2.41. The number of alkyl halides is 2. The summed E-state index contributed by atoms with van der Waals surface area (Å²) in [6, 6.07) is 0. The highest BCUT2D eigenvalue weighted by Crippen LogP contribution is 2.40. The minimum absolute atomic E-state index is 0.0467. The van der Waals surface area contributed by atoms with E-state index < -0.39 is 5.92 Å². The lowest BCUT2D eigenvalue weighted by atomic mass is 9.80. The molecule has 0 aliphatic heterocycles. The minimum Gasteiger partial charge on any atom is -0.381 e. The molecule has 1 rings (SSSR count). The van der Waals surface area contributed by atoms with Gasteiger partial charge < -0.3 is 4.74 Å². The van der Waals surface area contributed by atoms with Crippen molar-refractivity contribution in [3.63, 3.8) is 0 Å². The van der Waals surface area contributed by atoms with Gasteiger partial charge in [0.05, 0.1) is 6.10 Å². The molecule has 1 fully saturated rings. The van der Waals surface area contributed by atoms with Crippen molar-refractivity contribution in [1.29, 1.82) is 0 Å². The van der Waals surface area contributed by atoms with E-state index in [4.69, 9.17) is 4.74 Å². The van der Waals surface area contributed by atoms with Crippen LogP contribution >= 0.6 is 0 Å². The van der Waals surface area contributed by atoms with Crippen LogP contribution < -0.4 is 0 Å². The van der Waals surface area contributed by atoms with Crippen LogP contribution in [-0.2, 0) is 4.74 Å². The zero-order chi connectivity index (χ0) is 10.8. The topological polar surface area (TPSA) is 9.23 Å². The smallest absolute Gasteiger partial charge is 0.250 e. The number of methoxy groups -OCH3 is 1. The maximum absolute atomic E-state index is 13.3. The van der Waals surface area contributed by atoms with E-state index in [1.807, 2.05) is 0 Å². The van der Waals surface area contributed by atoms with Gasteiger partial charge in [-0.2, -0.15) is 0 Å². The summed E-state index contributed by atoms with van der Waals surface area (Å²) in [4.78, 5) is 0. The largest absolute Gasteiger partial charge is 0.381 e. The first-order valence-electron chi connectivity index (χ1n) is 5.33. The Morgan fingerprint density at radius 1 is 1.36 bits per heavy atom. The molecular formula is C11H20F2O. The van der Waals surface area contributed by atoms with E-state index >= 15 is 0 Å². The molecule has 0 spiro atoms. The van der Waals surface area contributed by atoms with Gasteiger partial charge >= 0.3 is 0 Å². The summed E-state index contributed by atoms with van der Waals surface area (Å²) in [6.07, 6.45) is 1.38. The second kappa shape index (κ2) is 4.56. The van der Waals surface area contributed by atoms with Gasteiger partial charge in [0.15, 0.2) is 0 Å². The normalized spacial score (nSPS) is 32.1. The van der Waals surface area contributed by atoms with E-state index in [1.54, 1.807) is 0 Å². The van der Waals surface area contributed by atoms with Gasteiger partial charge in [-0.25, -0.2) is 8.78 Å². The first-order chi connectivity index (χ1) is 6.43. The first kappa shape index (κ1) is 11.9. The van der Waals surface area contributed by atoms with Gasteiger partial charge in [-0.1, -0.05) is 13.8 Å². The molecule has 0 aromatic heterocycles. The maximum Gasteiger partial charge on any atom is 0.250 e. The molecule has 0 N–H and O–H groups in total. The first-order valence-corrected chi connectivity index (χ1v) is 5.33. The van der Waals surface area contributed by atoms with Gasteiger partial charge in [-0.05, 0) is 24.7 Å². The molecule has 0 radical (unpaired) electrons. The lowest BCUT2D eigenvalue weighted by molar-refractivity contribution is -0.107. The second-order valence-electron chi connectivity index (χ2n) is 4.85. The Morgan fingerprint density at radius 3 is 2.50 bits per heavy atom. The predicted octanol–water partition coefficient (Wildman–Crippen LogP) is 3.48. The van der Waals surface area contributed by atoms with Gasteiger partial charge in [0, 0.05) is 20.0 Å². The van der Waals surface area contributed by atoms with Crippen LogP contribution in [0.4, 0.5) is 8.78 Å². The lowest BCUT2D eigenvalue weighted by Gasteiger charge is -2.34. The number of hydrogen-bond donors (Lipinski definition) is 0. The average Bonchev–Trinajstić information content (AvgIpc) is 1.99. The average molecular weight is 206 g/mol. The molecule has 0 saturated heterocycles. The van der Waals surface area contributed by atoms with E-state index in [1.165, 1.54) is 7.11 Å². The minimum atomic E-state index is -2.52. The Labute approximate surface area is 84.8 Å². The van der Waals surface area contributed by atoms with E-state index in [9.17, 15) is 8.78 Å². The molecule has 0 bridgehead atoms. The summed E-state index contributed by atoms with van der Waals surface area (Å²) in [7, 11) is 1.53. The molecule has 0 aromatic rings. The molecule has 0 amide bonds. The van der Waals surface area contributed by atoms with Crippen LogP contribution in [0.25, 0.3) is 0 Å². The fourth-order valence-corrected chi connectivity index (χ4v) is 2.40. The monoisotopic (exact) mass is 206 g/mol. The van der Waals surface area contributed by atoms with Crippen molar-refractivity contribution in [3.05, 3.63) is 0 Å². The molecular weight excluding hydrogens is 186 g/mol. The Morgan fingerprint density at radius 2 is 2.00 bits per heavy atom. The third-order valence-corrected chi connectivity index (χ3v) is 2.85. The molecule has 84 valence electrons. The molecule has 0 aromatic carbocycles. The third kappa shape index (κ3) is 3.52. The third-order valence-electron chi connectivity index (χ3n) is 2.85. The number of rotatable bonds is 3. The summed E-state index contributed by atoms with van der Waals surface area (Å²) in [5.74, 6) is -1.89. The van der Waals surface area contributed by atoms with Crippen molar-refractivity contribution < 1.29 is 13.5 Å². The Kier molecular flexibility index (Phi) is 3.87. The van der Waals surface area contributed by atoms with Crippen molar-refractivity contribution in [2.75, 3.05) is 7.11 Å². The standard InChI is InChI=1S/C11H20F2O/c1-8(2)4-9-5-10(14-3)7-11(12,13)6-9/h8-10H,4-7H2,1-3H3/t9-,10?/m1/s1. The van der Waals surface area contributed by atoms with Gasteiger partial charge in [-0.3, -0.25) is 0 Å². The second-order valence-corrected chi connectivity index (χ2v) is 4.85. The highest BCUT2D eigenvalue weighted by atomic mass is 19.3. The fraction of sp³-hybridized carbons (Fsp3) is 1.00. The van der Waals surface area contributed by atoms with Crippen LogP contribution in [0.5, 0.6) is 0 Å². The summed E-state index contributed by atoms with van der Waals surface area (Å²) < 4.78 is 31.6. The molecule has 3 heteroatoms. The number of ether oxygens (including phenoxy) is 1. The van der Waals surface area contributed by atoms with Crippen molar-refractivity contribution in [2.45, 2.75) is 51.6 Å². The van der Waals surface area contributed by atoms with Crippen molar-refractivity contribution in [2.24, 2.45) is 11.8 Å². The quantitative estimate of drug-likeness (QED) is 0.687. The summed E-state index contributed by atoms with van der Waals surface area (Å²) >= 11 is 0. The van der Waals surface area contributed by atoms with E-state index in [-0.39, 0.29) is 24.9 Å². The highest BCUT2D eigenvalue weighted by molar-refractivity contribution is 4.84. The summed E-state index contributed by atoms with van der Waals surface area (Å²) in [5.41, 5.74) is 0. The van der Waals surface area contributed by atoms with E-state index in [2.05, 4.69) is 13.8 Å². The number of hydrogen-bond acceptors (Lipinski definition) is 1. The van der Waals surface area contributed by atoms with Gasteiger partial charge in [0.25, 0.3) is 5.92 Å². The Hall–Kier alpha value is -0.180.